The number of ether oxygens (including phenoxy) is 2. The van der Waals surface area contributed by atoms with E-state index in [0.717, 1.165) is 5.56 Å². The molecular formula is C21H19FN2O4S. The number of nitrogens with zero attached hydrogens (tertiary/aromatic N) is 1. The number of hydrogen-bond acceptors (Lipinski definition) is 6. The molecule has 0 aliphatic heterocycles. The first-order valence-electron chi connectivity index (χ1n) is 8.82. The first-order valence-corrected chi connectivity index (χ1v) is 9.70. The summed E-state index contributed by atoms with van der Waals surface area (Å²) in [4.78, 5) is 28.5. The molecule has 1 heterocycles. The number of carbonyl (C=O) groups is 2. The number of aryl methyl sites for hydroxylation is 1. The van der Waals surface area contributed by atoms with Gasteiger partial charge in [0.15, 0.2) is 11.8 Å². The monoisotopic (exact) mass is 414 g/mol. The van der Waals surface area contributed by atoms with E-state index in [1.807, 2.05) is 31.2 Å². The van der Waals surface area contributed by atoms with Gasteiger partial charge in [0, 0.05) is 5.38 Å². The summed E-state index contributed by atoms with van der Waals surface area (Å²) in [6, 6.07) is 13.3. The Morgan fingerprint density at radius 2 is 1.90 bits per heavy atom. The minimum atomic E-state index is -1.11. The SMILES string of the molecule is Cc1ccc(OCc2nc(C(=O)OC(C)C(=O)Nc3ccccc3F)cs2)cc1. The largest absolute Gasteiger partial charge is 0.486 e. The maximum Gasteiger partial charge on any atom is 0.358 e. The number of amides is 1. The Hall–Kier alpha value is -3.26. The summed E-state index contributed by atoms with van der Waals surface area (Å²) in [7, 11) is 0. The third kappa shape index (κ3) is 5.61. The molecule has 0 bridgehead atoms. The van der Waals surface area contributed by atoms with E-state index in [9.17, 15) is 14.0 Å². The summed E-state index contributed by atoms with van der Waals surface area (Å²) in [5.41, 5.74) is 1.23. The van der Waals surface area contributed by atoms with Crippen molar-refractivity contribution < 1.29 is 23.5 Å². The van der Waals surface area contributed by atoms with Crippen LogP contribution in [0.5, 0.6) is 5.75 Å². The molecule has 3 rings (SSSR count). The van der Waals surface area contributed by atoms with Crippen molar-refractivity contribution in [2.45, 2.75) is 26.6 Å². The number of aromatic nitrogens is 1. The van der Waals surface area contributed by atoms with Gasteiger partial charge in [-0.2, -0.15) is 0 Å². The quantitative estimate of drug-likeness (QED) is 0.582. The summed E-state index contributed by atoms with van der Waals surface area (Å²) in [5, 5.41) is 4.52. The Labute approximate surface area is 171 Å². The van der Waals surface area contributed by atoms with Crippen LogP contribution in [0.2, 0.25) is 0 Å². The number of anilines is 1. The van der Waals surface area contributed by atoms with E-state index in [1.54, 1.807) is 6.07 Å². The lowest BCUT2D eigenvalue weighted by molar-refractivity contribution is -0.123. The van der Waals surface area contributed by atoms with Crippen molar-refractivity contribution in [3.63, 3.8) is 0 Å². The molecule has 1 amide bonds. The second kappa shape index (κ2) is 9.29. The second-order valence-electron chi connectivity index (χ2n) is 6.24. The van der Waals surface area contributed by atoms with E-state index < -0.39 is 23.8 Å². The zero-order valence-corrected chi connectivity index (χ0v) is 16.7. The Kier molecular flexibility index (Phi) is 6.56. The Balaban J connectivity index is 1.53. The molecule has 6 nitrogen and oxygen atoms in total. The van der Waals surface area contributed by atoms with Gasteiger partial charge in [0.05, 0.1) is 5.69 Å². The second-order valence-corrected chi connectivity index (χ2v) is 7.19. The van der Waals surface area contributed by atoms with Crippen molar-refractivity contribution in [2.24, 2.45) is 0 Å². The van der Waals surface area contributed by atoms with E-state index in [-0.39, 0.29) is 18.0 Å². The van der Waals surface area contributed by atoms with Crippen LogP contribution in [0.15, 0.2) is 53.9 Å². The summed E-state index contributed by atoms with van der Waals surface area (Å²) in [6.45, 7) is 3.60. The number of carbonyl (C=O) groups excluding carboxylic acids is 2. The lowest BCUT2D eigenvalue weighted by Crippen LogP contribution is -2.30. The van der Waals surface area contributed by atoms with Gasteiger partial charge in [-0.25, -0.2) is 14.2 Å². The molecule has 0 spiro atoms. The van der Waals surface area contributed by atoms with Crippen LogP contribution in [-0.4, -0.2) is 23.0 Å². The number of halogens is 1. The van der Waals surface area contributed by atoms with Gasteiger partial charge in [-0.1, -0.05) is 29.8 Å². The first-order chi connectivity index (χ1) is 13.9. The van der Waals surface area contributed by atoms with Crippen molar-refractivity contribution >= 4 is 28.9 Å². The number of hydrogen-bond donors (Lipinski definition) is 1. The molecule has 0 saturated heterocycles. The predicted octanol–water partition coefficient (Wildman–Crippen LogP) is 4.35. The zero-order valence-electron chi connectivity index (χ0n) is 15.8. The highest BCUT2D eigenvalue weighted by Gasteiger charge is 2.21. The van der Waals surface area contributed by atoms with E-state index >= 15 is 0 Å². The van der Waals surface area contributed by atoms with Crippen molar-refractivity contribution in [3.05, 3.63) is 76.0 Å². The maximum absolute atomic E-state index is 13.6. The Bertz CT molecular complexity index is 1000. The summed E-state index contributed by atoms with van der Waals surface area (Å²) in [5.74, 6) is -1.24. The number of benzene rings is 2. The number of rotatable bonds is 7. The van der Waals surface area contributed by atoms with Crippen LogP contribution < -0.4 is 10.1 Å². The predicted molar refractivity (Wildman–Crippen MR) is 108 cm³/mol. The topological polar surface area (TPSA) is 77.5 Å². The van der Waals surface area contributed by atoms with E-state index in [4.69, 9.17) is 9.47 Å². The molecule has 8 heteroatoms. The van der Waals surface area contributed by atoms with Gasteiger partial charge in [0.25, 0.3) is 5.91 Å². The van der Waals surface area contributed by atoms with Crippen LogP contribution in [0, 0.1) is 12.7 Å². The van der Waals surface area contributed by atoms with Gasteiger partial charge in [-0.05, 0) is 38.1 Å². The highest BCUT2D eigenvalue weighted by Crippen LogP contribution is 2.17. The molecule has 2 aromatic carbocycles. The molecule has 1 N–H and O–H groups in total. The van der Waals surface area contributed by atoms with Crippen molar-refractivity contribution in [3.8, 4) is 5.75 Å². The summed E-state index contributed by atoms with van der Waals surface area (Å²) < 4.78 is 24.4. The normalized spacial score (nSPS) is 11.6. The van der Waals surface area contributed by atoms with Crippen LogP contribution in [0.3, 0.4) is 0 Å². The van der Waals surface area contributed by atoms with Crippen molar-refractivity contribution in [1.29, 1.82) is 0 Å². The molecule has 3 aromatic rings. The smallest absolute Gasteiger partial charge is 0.358 e. The lowest BCUT2D eigenvalue weighted by Gasteiger charge is -2.13. The van der Waals surface area contributed by atoms with Crippen LogP contribution in [0.1, 0.15) is 28.0 Å². The van der Waals surface area contributed by atoms with Gasteiger partial charge in [-0.15, -0.1) is 11.3 Å². The van der Waals surface area contributed by atoms with Gasteiger partial charge >= 0.3 is 5.97 Å². The van der Waals surface area contributed by atoms with Crippen molar-refractivity contribution in [1.82, 2.24) is 4.98 Å². The van der Waals surface area contributed by atoms with Crippen molar-refractivity contribution in [2.75, 3.05) is 5.32 Å². The molecule has 1 atom stereocenters. The van der Waals surface area contributed by atoms with Crippen LogP contribution in [0.4, 0.5) is 10.1 Å². The fourth-order valence-electron chi connectivity index (χ4n) is 2.32. The van der Waals surface area contributed by atoms with Crippen LogP contribution in [-0.2, 0) is 16.1 Å². The molecule has 29 heavy (non-hydrogen) atoms. The van der Waals surface area contributed by atoms with Gasteiger partial charge in [0.2, 0.25) is 0 Å². The van der Waals surface area contributed by atoms with Crippen LogP contribution >= 0.6 is 11.3 Å². The first kappa shape index (κ1) is 20.5. The number of nitrogens with one attached hydrogen (secondary N) is 1. The molecular weight excluding hydrogens is 395 g/mol. The van der Waals surface area contributed by atoms with E-state index in [2.05, 4.69) is 10.3 Å². The summed E-state index contributed by atoms with van der Waals surface area (Å²) in [6.07, 6.45) is -1.11. The minimum absolute atomic E-state index is 0.0181. The van der Waals surface area contributed by atoms with E-state index in [1.165, 1.54) is 41.8 Å². The molecule has 0 fully saturated rings. The fraction of sp³-hybridized carbons (Fsp3) is 0.190. The molecule has 0 aliphatic rings. The third-order valence-electron chi connectivity index (χ3n) is 3.93. The zero-order chi connectivity index (χ0) is 20.8. The standard InChI is InChI=1S/C21H19FN2O4S/c1-13-7-9-15(10-8-13)27-11-19-23-18(12-29-19)21(26)28-14(2)20(25)24-17-6-4-3-5-16(17)22/h3-10,12,14H,11H2,1-2H3,(H,24,25). The van der Waals surface area contributed by atoms with Gasteiger partial charge < -0.3 is 14.8 Å². The average Bonchev–Trinajstić information content (AvgIpc) is 3.18. The number of thiazole rings is 1. The highest BCUT2D eigenvalue weighted by atomic mass is 32.1. The number of para-hydroxylation sites is 1. The summed E-state index contributed by atoms with van der Waals surface area (Å²) >= 11 is 1.25. The van der Waals surface area contributed by atoms with Crippen LogP contribution in [0.25, 0.3) is 0 Å². The molecule has 0 radical (unpaired) electrons. The minimum Gasteiger partial charge on any atom is -0.486 e. The Morgan fingerprint density at radius 3 is 2.62 bits per heavy atom. The number of esters is 1. The molecule has 0 aliphatic carbocycles. The molecule has 1 unspecified atom stereocenters. The molecule has 1 aromatic heterocycles. The lowest BCUT2D eigenvalue weighted by atomic mass is 10.2. The molecule has 150 valence electrons. The Morgan fingerprint density at radius 1 is 1.17 bits per heavy atom. The average molecular weight is 414 g/mol. The fourth-order valence-corrected chi connectivity index (χ4v) is 3.00. The van der Waals surface area contributed by atoms with Gasteiger partial charge in [0.1, 0.15) is 23.2 Å². The molecule has 0 saturated carbocycles. The van der Waals surface area contributed by atoms with E-state index in [0.29, 0.717) is 10.8 Å². The maximum atomic E-state index is 13.6. The van der Waals surface area contributed by atoms with Gasteiger partial charge in [-0.3, -0.25) is 4.79 Å². The highest BCUT2D eigenvalue weighted by molar-refractivity contribution is 7.09. The third-order valence-corrected chi connectivity index (χ3v) is 4.75.